The zero-order valence-electron chi connectivity index (χ0n) is 27.4. The van der Waals surface area contributed by atoms with E-state index in [2.05, 4.69) is 46.8 Å². The van der Waals surface area contributed by atoms with Crippen molar-refractivity contribution in [3.63, 3.8) is 0 Å². The van der Waals surface area contributed by atoms with E-state index in [1.165, 1.54) is 0 Å². The van der Waals surface area contributed by atoms with Gasteiger partial charge in [0, 0.05) is 23.6 Å². The summed E-state index contributed by atoms with van der Waals surface area (Å²) >= 11 is 0. The van der Waals surface area contributed by atoms with Gasteiger partial charge < -0.3 is 9.84 Å². The Hall–Kier alpha value is -1.09. The Bertz CT molecular complexity index is 1170. The summed E-state index contributed by atoms with van der Waals surface area (Å²) in [5.41, 5.74) is -3.19. The number of cyclic esters (lactones) is 1. The van der Waals surface area contributed by atoms with Crippen LogP contribution in [0.5, 0.6) is 0 Å². The van der Waals surface area contributed by atoms with Crippen molar-refractivity contribution < 1.29 is 21.5 Å². The zero-order valence-corrected chi connectivity index (χ0v) is 22.4. The van der Waals surface area contributed by atoms with Crippen LogP contribution in [0.4, 0.5) is 0 Å². The number of hydrogen-bond donors (Lipinski definition) is 1. The van der Waals surface area contributed by atoms with Crippen LogP contribution in [-0.2, 0) is 9.53 Å². The van der Waals surface area contributed by atoms with Gasteiger partial charge in [-0.3, -0.25) is 4.79 Å². The molecule has 2 spiro atoms. The van der Waals surface area contributed by atoms with Crippen molar-refractivity contribution in [3.05, 3.63) is 24.3 Å². The molecule has 1 heterocycles. The Kier molecular flexibility index (Phi) is 4.20. The van der Waals surface area contributed by atoms with E-state index in [-0.39, 0.29) is 30.3 Å². The van der Waals surface area contributed by atoms with Gasteiger partial charge in [-0.05, 0) is 91.2 Å². The minimum atomic E-state index is -2.36. The standard InChI is InChI=1S/C32H48O3/c1-19(2)20(3)7-8-21(4)23-9-10-25-29(23,5)13-12-26-30(6)14-11-22(33)17-31(30)15-16-32(25,26)27-24(31)18-35-28(27)34/h7-8,15-16,19-27,33H,9-14,17-18H2,1-6H3/b8-7+/t20-,21+,22-,23+,24+,25?,26+,27+,29+,30+,31-,32-/m0/s1/i11D2,17D2,27D. The van der Waals surface area contributed by atoms with Crippen molar-refractivity contribution in [3.8, 4) is 0 Å². The fourth-order valence-corrected chi connectivity index (χ4v) is 10.2. The molecule has 5 fully saturated rings. The minimum Gasteiger partial charge on any atom is -0.465 e. The second-order valence-electron chi connectivity index (χ2n) is 13.7. The van der Waals surface area contributed by atoms with Crippen molar-refractivity contribution >= 4 is 5.97 Å². The smallest absolute Gasteiger partial charge is 0.310 e. The van der Waals surface area contributed by atoms with Gasteiger partial charge in [-0.2, -0.15) is 0 Å². The number of hydrogen-bond acceptors (Lipinski definition) is 3. The van der Waals surface area contributed by atoms with Gasteiger partial charge in [0.25, 0.3) is 0 Å². The minimum absolute atomic E-state index is 0.0112. The lowest BCUT2D eigenvalue weighted by Crippen LogP contribution is -2.72. The average molecular weight is 486 g/mol. The lowest BCUT2D eigenvalue weighted by molar-refractivity contribution is -0.242. The number of carbonyl (C=O) groups is 1. The molecule has 3 heteroatoms. The third-order valence-electron chi connectivity index (χ3n) is 12.3. The summed E-state index contributed by atoms with van der Waals surface area (Å²) in [5, 5.41) is 11.1. The molecule has 0 amide bonds. The Morgan fingerprint density at radius 2 is 1.89 bits per heavy atom. The molecule has 6 aliphatic carbocycles. The third kappa shape index (κ3) is 2.86. The van der Waals surface area contributed by atoms with E-state index in [0.717, 1.165) is 19.3 Å². The normalized spacial score (nSPS) is 60.9. The predicted molar refractivity (Wildman–Crippen MR) is 139 cm³/mol. The molecular formula is C32H48O3. The Balaban J connectivity index is 1.52. The first-order valence-electron chi connectivity index (χ1n) is 16.6. The number of aliphatic hydroxyl groups excluding tert-OH is 1. The van der Waals surface area contributed by atoms with E-state index in [9.17, 15) is 14.0 Å². The second-order valence-corrected chi connectivity index (χ2v) is 13.7. The fraction of sp³-hybridized carbons (Fsp3) is 0.844. The van der Waals surface area contributed by atoms with Crippen molar-refractivity contribution in [1.29, 1.82) is 0 Å². The number of esters is 1. The topological polar surface area (TPSA) is 46.5 Å². The Labute approximate surface area is 220 Å². The van der Waals surface area contributed by atoms with Crippen LogP contribution in [-0.4, -0.2) is 23.8 Å². The number of carbonyl (C=O) groups excluding carboxylic acids is 1. The lowest BCUT2D eigenvalue weighted by atomic mass is 9.28. The third-order valence-corrected chi connectivity index (χ3v) is 12.3. The van der Waals surface area contributed by atoms with E-state index in [4.69, 9.17) is 7.48 Å². The molecule has 7 rings (SSSR count). The molecule has 0 radical (unpaired) electrons. The molecular weight excluding hydrogens is 432 g/mol. The summed E-state index contributed by atoms with van der Waals surface area (Å²) in [6.45, 7) is 13.4. The molecule has 7 aliphatic rings. The quantitative estimate of drug-likeness (QED) is 0.351. The highest BCUT2D eigenvalue weighted by atomic mass is 16.5. The molecule has 0 aromatic carbocycles. The Morgan fingerprint density at radius 3 is 2.63 bits per heavy atom. The van der Waals surface area contributed by atoms with Gasteiger partial charge in [-0.15, -0.1) is 0 Å². The van der Waals surface area contributed by atoms with Crippen molar-refractivity contribution in [2.75, 3.05) is 6.61 Å². The van der Waals surface area contributed by atoms with E-state index in [0.29, 0.717) is 30.1 Å². The fourth-order valence-electron chi connectivity index (χ4n) is 10.2. The van der Waals surface area contributed by atoms with Crippen LogP contribution in [0.1, 0.15) is 93.2 Å². The highest BCUT2D eigenvalue weighted by molar-refractivity contribution is 5.78. The van der Waals surface area contributed by atoms with Crippen LogP contribution in [0.3, 0.4) is 0 Å². The van der Waals surface area contributed by atoms with Crippen molar-refractivity contribution in [2.24, 2.45) is 69.0 Å². The van der Waals surface area contributed by atoms with Gasteiger partial charge >= 0.3 is 5.97 Å². The van der Waals surface area contributed by atoms with Gasteiger partial charge in [0.05, 0.1) is 18.6 Å². The summed E-state index contributed by atoms with van der Waals surface area (Å²) in [4.78, 5) is 13.8. The van der Waals surface area contributed by atoms with Crippen molar-refractivity contribution in [1.82, 2.24) is 0 Å². The summed E-state index contributed by atoms with van der Waals surface area (Å²) in [5.74, 6) is -1.36. The molecule has 2 bridgehead atoms. The van der Waals surface area contributed by atoms with Crippen LogP contribution in [0.15, 0.2) is 24.3 Å². The SMILES string of the molecule is [2H]C1([2H])C[C@]2(C)[C@H]3CC[C@@]4(C)C(CC[C@@H]4[C@H](C)/C=C/[C@H](C)C(C)C)[C@@]34C=C[C@@]2([C@@H]2COC(=O)[C@@]24[2H])C([2H])([2H])[C@H]1O. The largest absolute Gasteiger partial charge is 0.465 e. The maximum atomic E-state index is 13.8. The lowest BCUT2D eigenvalue weighted by Gasteiger charge is -2.74. The summed E-state index contributed by atoms with van der Waals surface area (Å²) in [6.07, 6.45) is 5.90. The van der Waals surface area contributed by atoms with Crippen LogP contribution in [0.2, 0.25) is 0 Å². The van der Waals surface area contributed by atoms with Gasteiger partial charge in [0.15, 0.2) is 0 Å². The molecule has 1 N–H and O–H groups in total. The van der Waals surface area contributed by atoms with E-state index in [1.54, 1.807) is 0 Å². The zero-order chi connectivity index (χ0) is 29.5. The number of ether oxygens (including phenoxy) is 1. The first-order chi connectivity index (χ1) is 18.4. The molecule has 0 aromatic rings. The predicted octanol–water partition coefficient (Wildman–Crippen LogP) is 6.81. The highest BCUT2D eigenvalue weighted by Crippen LogP contribution is 2.82. The first kappa shape index (κ1) is 19.0. The molecule has 1 saturated heterocycles. The number of allylic oxidation sites excluding steroid dienone is 4. The monoisotopic (exact) mass is 485 g/mol. The maximum absolute atomic E-state index is 13.8. The van der Waals surface area contributed by atoms with Crippen LogP contribution >= 0.6 is 0 Å². The Morgan fingerprint density at radius 1 is 1.11 bits per heavy atom. The van der Waals surface area contributed by atoms with Crippen LogP contribution in [0, 0.1) is 69.0 Å². The maximum Gasteiger partial charge on any atom is 0.310 e. The second kappa shape index (κ2) is 7.71. The molecule has 35 heavy (non-hydrogen) atoms. The van der Waals surface area contributed by atoms with E-state index < -0.39 is 52.9 Å². The first-order valence-corrected chi connectivity index (χ1v) is 14.1. The van der Waals surface area contributed by atoms with Crippen LogP contribution < -0.4 is 0 Å². The van der Waals surface area contributed by atoms with E-state index in [1.807, 2.05) is 19.1 Å². The number of fused-ring (bicyclic) bond motifs is 1. The highest BCUT2D eigenvalue weighted by Gasteiger charge is 2.79. The summed E-state index contributed by atoms with van der Waals surface area (Å²) in [7, 11) is 0. The van der Waals surface area contributed by atoms with Gasteiger partial charge in [-0.1, -0.05) is 65.8 Å². The molecule has 3 nitrogen and oxygen atoms in total. The van der Waals surface area contributed by atoms with Crippen LogP contribution in [0.25, 0.3) is 0 Å². The van der Waals surface area contributed by atoms with Gasteiger partial charge in [0.1, 0.15) is 0 Å². The summed E-state index contributed by atoms with van der Waals surface area (Å²) < 4.78 is 51.9. The molecule has 12 atom stereocenters. The molecule has 0 aromatic heterocycles. The average Bonchev–Trinajstić information content (AvgIpc) is 3.39. The number of aliphatic hydroxyl groups is 1. The molecule has 4 saturated carbocycles. The molecule has 1 unspecified atom stereocenters. The van der Waals surface area contributed by atoms with Gasteiger partial charge in [-0.25, -0.2) is 0 Å². The van der Waals surface area contributed by atoms with E-state index >= 15 is 0 Å². The van der Waals surface area contributed by atoms with Crippen molar-refractivity contribution in [2.45, 2.75) is 92.5 Å². The molecule has 194 valence electrons. The number of rotatable bonds is 4. The summed E-state index contributed by atoms with van der Waals surface area (Å²) in [6, 6.07) is 0. The van der Waals surface area contributed by atoms with Gasteiger partial charge in [0.2, 0.25) is 0 Å². The molecule has 1 aliphatic heterocycles.